The van der Waals surface area contributed by atoms with Crippen molar-refractivity contribution in [2.75, 3.05) is 19.8 Å². The molecule has 20 heavy (non-hydrogen) atoms. The highest BCUT2D eigenvalue weighted by atomic mass is 79.9. The fourth-order valence-electron chi connectivity index (χ4n) is 2.01. The van der Waals surface area contributed by atoms with Crippen LogP contribution in [0.25, 0.3) is 0 Å². The third-order valence-electron chi connectivity index (χ3n) is 3.15. The fraction of sp³-hybridized carbons (Fsp3) is 0.500. The summed E-state index contributed by atoms with van der Waals surface area (Å²) in [5.74, 6) is -0.634. The molecule has 0 aromatic heterocycles. The molecule has 5 nitrogen and oxygen atoms in total. The van der Waals surface area contributed by atoms with Crippen molar-refractivity contribution in [3.63, 3.8) is 0 Å². The summed E-state index contributed by atoms with van der Waals surface area (Å²) in [7, 11) is -3.81. The van der Waals surface area contributed by atoms with E-state index in [4.69, 9.17) is 9.84 Å². The van der Waals surface area contributed by atoms with Gasteiger partial charge in [0, 0.05) is 12.6 Å². The van der Waals surface area contributed by atoms with Crippen LogP contribution in [0.1, 0.15) is 6.92 Å². The van der Waals surface area contributed by atoms with E-state index in [0.29, 0.717) is 0 Å². The van der Waals surface area contributed by atoms with Gasteiger partial charge in [0.25, 0.3) is 0 Å². The number of benzene rings is 1. The summed E-state index contributed by atoms with van der Waals surface area (Å²) in [6.45, 7) is 1.70. The first-order chi connectivity index (χ1) is 9.36. The normalized spacial score (nSPS) is 24.8. The minimum absolute atomic E-state index is 0.0533. The molecule has 2 unspecified atom stereocenters. The maximum absolute atomic E-state index is 13.5. The van der Waals surface area contributed by atoms with E-state index in [1.54, 1.807) is 6.92 Å². The van der Waals surface area contributed by atoms with Crippen molar-refractivity contribution in [3.8, 4) is 0 Å². The number of morpholine rings is 1. The van der Waals surface area contributed by atoms with Crippen molar-refractivity contribution in [1.82, 2.24) is 4.31 Å². The Morgan fingerprint density at radius 2 is 2.25 bits per heavy atom. The van der Waals surface area contributed by atoms with Crippen molar-refractivity contribution in [2.45, 2.75) is 24.0 Å². The monoisotopic (exact) mass is 367 g/mol. The number of hydrogen-bond donors (Lipinski definition) is 1. The second-order valence-corrected chi connectivity index (χ2v) is 7.38. The number of rotatable bonds is 3. The van der Waals surface area contributed by atoms with Crippen molar-refractivity contribution < 1.29 is 22.7 Å². The minimum atomic E-state index is -3.81. The Balaban J connectivity index is 2.35. The molecule has 0 spiro atoms. The highest BCUT2D eigenvalue weighted by molar-refractivity contribution is 9.10. The molecule has 1 saturated heterocycles. The number of ether oxygens (including phenoxy) is 1. The molecule has 1 N–H and O–H groups in total. The van der Waals surface area contributed by atoms with E-state index in [-0.39, 0.29) is 35.2 Å². The molecule has 1 heterocycles. The van der Waals surface area contributed by atoms with Gasteiger partial charge in [0.05, 0.1) is 28.7 Å². The predicted octanol–water partition coefficient (Wildman–Crippen LogP) is 1.36. The molecule has 1 fully saturated rings. The lowest BCUT2D eigenvalue weighted by atomic mass is 10.2. The Morgan fingerprint density at radius 3 is 2.85 bits per heavy atom. The quantitative estimate of drug-likeness (QED) is 0.875. The first-order valence-corrected chi connectivity index (χ1v) is 8.29. The smallest absolute Gasteiger partial charge is 0.243 e. The minimum Gasteiger partial charge on any atom is -0.394 e. The molecule has 1 aromatic rings. The van der Waals surface area contributed by atoms with Crippen LogP contribution < -0.4 is 0 Å². The van der Waals surface area contributed by atoms with Gasteiger partial charge in [0.15, 0.2) is 0 Å². The number of nitrogens with zero attached hydrogens (tertiary/aromatic N) is 1. The Bertz CT molecular complexity index is 595. The number of aliphatic hydroxyl groups excluding tert-OH is 1. The number of hydrogen-bond acceptors (Lipinski definition) is 4. The summed E-state index contributed by atoms with van der Waals surface area (Å²) in [4.78, 5) is -0.108. The molecule has 1 aliphatic heterocycles. The lowest BCUT2D eigenvalue weighted by Crippen LogP contribution is -2.51. The van der Waals surface area contributed by atoms with Crippen LogP contribution in [0.15, 0.2) is 27.6 Å². The molecule has 0 radical (unpaired) electrons. The Kier molecular flexibility index (Phi) is 4.80. The van der Waals surface area contributed by atoms with Gasteiger partial charge < -0.3 is 9.84 Å². The van der Waals surface area contributed by atoms with Crippen LogP contribution in [0.5, 0.6) is 0 Å². The third-order valence-corrected chi connectivity index (χ3v) is 5.77. The molecule has 2 atom stereocenters. The molecule has 1 aliphatic rings. The second kappa shape index (κ2) is 6.07. The lowest BCUT2D eigenvalue weighted by Gasteiger charge is -2.36. The van der Waals surface area contributed by atoms with Crippen molar-refractivity contribution in [3.05, 3.63) is 28.5 Å². The van der Waals surface area contributed by atoms with Gasteiger partial charge in [0.1, 0.15) is 5.82 Å². The van der Waals surface area contributed by atoms with Gasteiger partial charge in [-0.3, -0.25) is 0 Å². The van der Waals surface area contributed by atoms with Crippen LogP contribution in [-0.4, -0.2) is 49.7 Å². The summed E-state index contributed by atoms with van der Waals surface area (Å²) >= 11 is 2.99. The zero-order valence-electron chi connectivity index (χ0n) is 10.8. The molecular formula is C12H15BrFNO4S. The molecule has 112 valence electrons. The van der Waals surface area contributed by atoms with Crippen molar-refractivity contribution in [1.29, 1.82) is 0 Å². The van der Waals surface area contributed by atoms with Crippen LogP contribution in [0.3, 0.4) is 0 Å². The van der Waals surface area contributed by atoms with E-state index in [1.165, 1.54) is 16.4 Å². The molecule has 0 saturated carbocycles. The van der Waals surface area contributed by atoms with Gasteiger partial charge in [-0.2, -0.15) is 4.31 Å². The molecule has 0 bridgehead atoms. The second-order valence-electron chi connectivity index (χ2n) is 4.64. The van der Waals surface area contributed by atoms with Gasteiger partial charge in [-0.15, -0.1) is 0 Å². The summed E-state index contributed by atoms with van der Waals surface area (Å²) < 4.78 is 45.3. The average molecular weight is 368 g/mol. The highest BCUT2D eigenvalue weighted by Crippen LogP contribution is 2.25. The Labute approximate surface area is 125 Å². The van der Waals surface area contributed by atoms with E-state index in [1.807, 2.05) is 0 Å². The van der Waals surface area contributed by atoms with Crippen LogP contribution in [0, 0.1) is 5.82 Å². The van der Waals surface area contributed by atoms with Crippen LogP contribution in [0.4, 0.5) is 4.39 Å². The lowest BCUT2D eigenvalue weighted by molar-refractivity contribution is -0.0516. The van der Waals surface area contributed by atoms with Crippen molar-refractivity contribution in [2.24, 2.45) is 0 Å². The van der Waals surface area contributed by atoms with Crippen molar-refractivity contribution >= 4 is 26.0 Å². The van der Waals surface area contributed by atoms with E-state index >= 15 is 0 Å². The molecule has 8 heteroatoms. The van der Waals surface area contributed by atoms with Gasteiger partial charge in [-0.25, -0.2) is 12.8 Å². The maximum Gasteiger partial charge on any atom is 0.243 e. The average Bonchev–Trinajstić information content (AvgIpc) is 2.42. The first-order valence-electron chi connectivity index (χ1n) is 6.05. The van der Waals surface area contributed by atoms with Gasteiger partial charge in [0.2, 0.25) is 10.0 Å². The number of halogens is 2. The predicted molar refractivity (Wildman–Crippen MR) is 74.3 cm³/mol. The molecule has 1 aromatic carbocycles. The third kappa shape index (κ3) is 3.04. The Hall–Kier alpha value is -0.540. The van der Waals surface area contributed by atoms with Gasteiger partial charge in [-0.1, -0.05) is 0 Å². The van der Waals surface area contributed by atoms with E-state index in [2.05, 4.69) is 15.9 Å². The van der Waals surface area contributed by atoms with Crippen LogP contribution >= 0.6 is 15.9 Å². The molecule has 2 rings (SSSR count). The SMILES string of the molecule is CC1COC(CO)CN1S(=O)(=O)c1ccc(Br)c(F)c1. The summed E-state index contributed by atoms with van der Waals surface area (Å²) in [5.41, 5.74) is 0. The summed E-state index contributed by atoms with van der Waals surface area (Å²) in [5, 5.41) is 9.10. The standard InChI is InChI=1S/C12H15BrFNO4S/c1-8-7-19-9(6-16)5-15(8)20(17,18)10-2-3-11(13)12(14)4-10/h2-4,8-9,16H,5-7H2,1H3. The Morgan fingerprint density at radius 1 is 1.55 bits per heavy atom. The maximum atomic E-state index is 13.5. The van der Waals surface area contributed by atoms with E-state index < -0.39 is 21.9 Å². The van der Waals surface area contributed by atoms with Gasteiger partial charge in [-0.05, 0) is 41.1 Å². The number of sulfonamides is 1. The molecule has 0 aliphatic carbocycles. The summed E-state index contributed by atoms with van der Waals surface area (Å²) in [6, 6.07) is 3.32. The van der Waals surface area contributed by atoms with Crippen LogP contribution in [0.2, 0.25) is 0 Å². The number of aliphatic hydroxyl groups is 1. The van der Waals surface area contributed by atoms with E-state index in [0.717, 1.165) is 6.07 Å². The summed E-state index contributed by atoms with van der Waals surface area (Å²) in [6.07, 6.45) is -0.554. The zero-order chi connectivity index (χ0) is 14.9. The molecule has 0 amide bonds. The topological polar surface area (TPSA) is 66.8 Å². The molecular weight excluding hydrogens is 353 g/mol. The van der Waals surface area contributed by atoms with E-state index in [9.17, 15) is 12.8 Å². The zero-order valence-corrected chi connectivity index (χ0v) is 13.2. The first kappa shape index (κ1) is 15.8. The fourth-order valence-corrected chi connectivity index (χ4v) is 3.92. The van der Waals surface area contributed by atoms with Gasteiger partial charge >= 0.3 is 0 Å². The largest absolute Gasteiger partial charge is 0.394 e. The highest BCUT2D eigenvalue weighted by Gasteiger charge is 2.35. The van der Waals surface area contributed by atoms with Crippen LogP contribution in [-0.2, 0) is 14.8 Å².